The summed E-state index contributed by atoms with van der Waals surface area (Å²) in [7, 11) is 0. The molecule has 0 aliphatic heterocycles. The van der Waals surface area contributed by atoms with Crippen LogP contribution in [0.4, 0.5) is 5.69 Å². The van der Waals surface area contributed by atoms with Gasteiger partial charge in [-0.15, -0.1) is 0 Å². The van der Waals surface area contributed by atoms with Gasteiger partial charge in [0.2, 0.25) is 0 Å². The van der Waals surface area contributed by atoms with Crippen molar-refractivity contribution in [2.75, 3.05) is 5.73 Å². The summed E-state index contributed by atoms with van der Waals surface area (Å²) in [6, 6.07) is 14.1. The molecular formula is C10H9NNa2. The molecule has 0 bridgehead atoms. The van der Waals surface area contributed by atoms with Crippen LogP contribution in [0.2, 0.25) is 0 Å². The van der Waals surface area contributed by atoms with Crippen LogP contribution in [0.1, 0.15) is 0 Å². The maximum absolute atomic E-state index is 5.62. The van der Waals surface area contributed by atoms with Crippen molar-refractivity contribution in [3.05, 3.63) is 42.5 Å². The second-order valence-electron chi connectivity index (χ2n) is 2.61. The Bertz CT molecular complexity index is 387. The van der Waals surface area contributed by atoms with Crippen LogP contribution < -0.4 is 5.73 Å². The number of anilines is 1. The SMILES string of the molecule is Nc1ccc2ccccc2c1.[Na].[Na]. The molecule has 0 aliphatic carbocycles. The maximum Gasteiger partial charge on any atom is 0.0320 e. The first-order chi connectivity index (χ1) is 5.36. The van der Waals surface area contributed by atoms with Crippen molar-refractivity contribution in [3.8, 4) is 0 Å². The van der Waals surface area contributed by atoms with E-state index in [1.165, 1.54) is 10.8 Å². The van der Waals surface area contributed by atoms with Crippen LogP contribution in [0, 0.1) is 0 Å². The molecule has 2 aromatic rings. The number of fused-ring (bicyclic) bond motifs is 1. The minimum atomic E-state index is 0. The maximum atomic E-state index is 5.62. The van der Waals surface area contributed by atoms with Crippen LogP contribution >= 0.6 is 0 Å². The molecule has 2 aromatic carbocycles. The number of rotatable bonds is 0. The zero-order valence-electron chi connectivity index (χ0n) is 8.12. The molecule has 2 N–H and O–H groups in total. The Balaban J connectivity index is 0.000000720. The average Bonchev–Trinajstić information content (AvgIpc) is 2.04. The third-order valence-corrected chi connectivity index (χ3v) is 1.77. The van der Waals surface area contributed by atoms with Crippen LogP contribution in [0.5, 0.6) is 0 Å². The molecule has 0 spiro atoms. The number of hydrogen-bond donors (Lipinski definition) is 1. The normalized spacial score (nSPS) is 8.62. The van der Waals surface area contributed by atoms with Gasteiger partial charge in [0.15, 0.2) is 0 Å². The van der Waals surface area contributed by atoms with E-state index in [9.17, 15) is 0 Å². The van der Waals surface area contributed by atoms with Crippen molar-refractivity contribution >= 4 is 75.6 Å². The molecule has 0 saturated heterocycles. The van der Waals surface area contributed by atoms with E-state index in [1.54, 1.807) is 0 Å². The van der Waals surface area contributed by atoms with Gasteiger partial charge in [0, 0.05) is 64.8 Å². The summed E-state index contributed by atoms with van der Waals surface area (Å²) in [5.41, 5.74) is 6.45. The minimum absolute atomic E-state index is 0. The van der Waals surface area contributed by atoms with E-state index in [4.69, 9.17) is 5.73 Å². The standard InChI is InChI=1S/C10H9N.2Na/c11-10-6-5-8-3-1-2-4-9(8)7-10;;/h1-7H,11H2;;. The number of benzene rings is 2. The van der Waals surface area contributed by atoms with Gasteiger partial charge in [0.25, 0.3) is 0 Å². The second kappa shape index (κ2) is 6.07. The van der Waals surface area contributed by atoms with Crippen LogP contribution in [-0.2, 0) is 0 Å². The molecule has 3 heteroatoms. The molecule has 56 valence electrons. The van der Waals surface area contributed by atoms with Gasteiger partial charge in [-0.1, -0.05) is 30.3 Å². The molecule has 0 atom stereocenters. The van der Waals surface area contributed by atoms with E-state index in [2.05, 4.69) is 12.1 Å². The first-order valence-corrected chi connectivity index (χ1v) is 3.60. The van der Waals surface area contributed by atoms with Gasteiger partial charge in [-0.3, -0.25) is 0 Å². The van der Waals surface area contributed by atoms with Crippen LogP contribution in [-0.4, -0.2) is 59.1 Å². The molecular weight excluding hydrogens is 180 g/mol. The molecule has 0 unspecified atom stereocenters. The average molecular weight is 189 g/mol. The summed E-state index contributed by atoms with van der Waals surface area (Å²) in [5, 5.41) is 2.44. The van der Waals surface area contributed by atoms with Gasteiger partial charge >= 0.3 is 0 Å². The Morgan fingerprint density at radius 2 is 1.38 bits per heavy atom. The van der Waals surface area contributed by atoms with Crippen molar-refractivity contribution in [1.82, 2.24) is 0 Å². The summed E-state index contributed by atoms with van der Waals surface area (Å²) >= 11 is 0. The third kappa shape index (κ3) is 3.28. The smallest absolute Gasteiger partial charge is 0.0320 e. The van der Waals surface area contributed by atoms with Crippen molar-refractivity contribution in [2.45, 2.75) is 0 Å². The molecule has 2 radical (unpaired) electrons. The summed E-state index contributed by atoms with van der Waals surface area (Å²) in [6.45, 7) is 0. The fraction of sp³-hybridized carbons (Fsp3) is 0. The van der Waals surface area contributed by atoms with Gasteiger partial charge < -0.3 is 5.73 Å². The number of hydrogen-bond acceptors (Lipinski definition) is 1. The Morgan fingerprint density at radius 1 is 0.769 bits per heavy atom. The third-order valence-electron chi connectivity index (χ3n) is 1.77. The predicted octanol–water partition coefficient (Wildman–Crippen LogP) is 1.66. The molecule has 2 rings (SSSR count). The predicted molar refractivity (Wildman–Crippen MR) is 59.9 cm³/mol. The molecule has 0 fully saturated rings. The summed E-state index contributed by atoms with van der Waals surface area (Å²) in [5.74, 6) is 0. The van der Waals surface area contributed by atoms with Crippen LogP contribution in [0.25, 0.3) is 10.8 Å². The van der Waals surface area contributed by atoms with E-state index in [1.807, 2.05) is 30.3 Å². The Hall–Kier alpha value is 0.500. The van der Waals surface area contributed by atoms with Crippen molar-refractivity contribution in [1.29, 1.82) is 0 Å². The van der Waals surface area contributed by atoms with E-state index in [-0.39, 0.29) is 59.1 Å². The molecule has 1 nitrogen and oxygen atoms in total. The Kier molecular flexibility index (Phi) is 6.31. The minimum Gasteiger partial charge on any atom is -0.399 e. The van der Waals surface area contributed by atoms with E-state index >= 15 is 0 Å². The zero-order chi connectivity index (χ0) is 7.68. The zero-order valence-corrected chi connectivity index (χ0v) is 12.1. The number of nitrogen functional groups attached to an aromatic ring is 1. The van der Waals surface area contributed by atoms with E-state index < -0.39 is 0 Å². The van der Waals surface area contributed by atoms with Gasteiger partial charge in [-0.25, -0.2) is 0 Å². The van der Waals surface area contributed by atoms with Crippen LogP contribution in [0.15, 0.2) is 42.5 Å². The molecule has 0 aliphatic rings. The quantitative estimate of drug-likeness (QED) is 0.495. The molecule has 0 saturated carbocycles. The molecule has 0 amide bonds. The summed E-state index contributed by atoms with van der Waals surface area (Å²) in [6.07, 6.45) is 0. The second-order valence-corrected chi connectivity index (χ2v) is 2.61. The fourth-order valence-electron chi connectivity index (χ4n) is 1.21. The summed E-state index contributed by atoms with van der Waals surface area (Å²) < 4.78 is 0. The molecule has 0 heterocycles. The first-order valence-electron chi connectivity index (χ1n) is 3.60. The number of nitrogens with two attached hydrogens (primary N) is 1. The van der Waals surface area contributed by atoms with Crippen molar-refractivity contribution in [2.24, 2.45) is 0 Å². The Morgan fingerprint density at radius 3 is 2.08 bits per heavy atom. The van der Waals surface area contributed by atoms with Gasteiger partial charge in [0.1, 0.15) is 0 Å². The Labute approximate surface area is 122 Å². The van der Waals surface area contributed by atoms with Gasteiger partial charge in [-0.2, -0.15) is 0 Å². The monoisotopic (exact) mass is 189 g/mol. The molecule has 13 heavy (non-hydrogen) atoms. The first kappa shape index (κ1) is 13.5. The fourth-order valence-corrected chi connectivity index (χ4v) is 1.21. The van der Waals surface area contributed by atoms with E-state index in [0.29, 0.717) is 0 Å². The van der Waals surface area contributed by atoms with Crippen LogP contribution in [0.3, 0.4) is 0 Å². The largest absolute Gasteiger partial charge is 0.399 e. The van der Waals surface area contributed by atoms with E-state index in [0.717, 1.165) is 5.69 Å². The van der Waals surface area contributed by atoms with Gasteiger partial charge in [0.05, 0.1) is 0 Å². The van der Waals surface area contributed by atoms with Crippen molar-refractivity contribution in [3.63, 3.8) is 0 Å². The van der Waals surface area contributed by atoms with Gasteiger partial charge in [-0.05, 0) is 22.9 Å². The molecule has 0 aromatic heterocycles. The summed E-state index contributed by atoms with van der Waals surface area (Å²) in [4.78, 5) is 0. The van der Waals surface area contributed by atoms with Crippen molar-refractivity contribution < 1.29 is 0 Å². The topological polar surface area (TPSA) is 26.0 Å².